The average molecular weight is 288 g/mol. The third-order valence-electron chi connectivity index (χ3n) is 3.38. The quantitative estimate of drug-likeness (QED) is 0.753. The van der Waals surface area contributed by atoms with Gasteiger partial charge in [0.15, 0.2) is 0 Å². The van der Waals surface area contributed by atoms with E-state index in [9.17, 15) is 9.59 Å². The summed E-state index contributed by atoms with van der Waals surface area (Å²) < 4.78 is 0. The van der Waals surface area contributed by atoms with Crippen LogP contribution in [-0.4, -0.2) is 52.1 Å². The summed E-state index contributed by atoms with van der Waals surface area (Å²) >= 11 is 1.96. The number of nitrogens with one attached hydrogen (secondary N) is 1. The van der Waals surface area contributed by atoms with Gasteiger partial charge in [-0.05, 0) is 31.9 Å². The summed E-state index contributed by atoms with van der Waals surface area (Å²) in [6.45, 7) is 4.84. The van der Waals surface area contributed by atoms with E-state index in [-0.39, 0.29) is 25.0 Å². The van der Waals surface area contributed by atoms with Crippen LogP contribution in [0.3, 0.4) is 0 Å². The van der Waals surface area contributed by atoms with E-state index in [1.54, 1.807) is 4.90 Å². The molecule has 0 aromatic carbocycles. The van der Waals surface area contributed by atoms with Crippen LogP contribution in [0.25, 0.3) is 0 Å². The van der Waals surface area contributed by atoms with E-state index in [2.05, 4.69) is 12.2 Å². The highest BCUT2D eigenvalue weighted by molar-refractivity contribution is 7.99. The minimum Gasteiger partial charge on any atom is -0.481 e. The molecular weight excluding hydrogens is 264 g/mol. The van der Waals surface area contributed by atoms with Crippen LogP contribution in [0.15, 0.2) is 0 Å². The predicted octanol–water partition coefficient (Wildman–Crippen LogP) is 2.17. The lowest BCUT2D eigenvalue weighted by Gasteiger charge is -2.23. The number of carboxylic acid groups (broad SMARTS) is 1. The minimum atomic E-state index is -0.869. The molecule has 0 aromatic rings. The number of urea groups is 1. The normalized spacial score (nSPS) is 22.2. The minimum absolute atomic E-state index is 0.000236. The SMILES string of the molecule is CCSC1CCC(NC(=O)N(CC)CCC(=O)O)C1. The monoisotopic (exact) mass is 288 g/mol. The molecule has 0 aliphatic heterocycles. The van der Waals surface area contributed by atoms with Gasteiger partial charge in [0.1, 0.15) is 0 Å². The number of hydrogen-bond donors (Lipinski definition) is 2. The fourth-order valence-corrected chi connectivity index (χ4v) is 3.50. The van der Waals surface area contributed by atoms with Crippen molar-refractivity contribution >= 4 is 23.8 Å². The Morgan fingerprint density at radius 1 is 1.37 bits per heavy atom. The number of rotatable bonds is 7. The zero-order valence-corrected chi connectivity index (χ0v) is 12.5. The Labute approximate surface area is 119 Å². The Kier molecular flexibility index (Phi) is 7.05. The summed E-state index contributed by atoms with van der Waals surface area (Å²) in [7, 11) is 0. The molecule has 1 aliphatic carbocycles. The van der Waals surface area contributed by atoms with Gasteiger partial charge in [-0.15, -0.1) is 0 Å². The molecule has 0 bridgehead atoms. The van der Waals surface area contributed by atoms with Gasteiger partial charge in [-0.3, -0.25) is 4.79 Å². The fourth-order valence-electron chi connectivity index (χ4n) is 2.36. The van der Waals surface area contributed by atoms with Crippen molar-refractivity contribution in [3.8, 4) is 0 Å². The van der Waals surface area contributed by atoms with Crippen molar-refractivity contribution in [3.63, 3.8) is 0 Å². The van der Waals surface area contributed by atoms with Crippen molar-refractivity contribution in [1.82, 2.24) is 10.2 Å². The second-order valence-electron chi connectivity index (χ2n) is 4.76. The Morgan fingerprint density at radius 3 is 2.68 bits per heavy atom. The Morgan fingerprint density at radius 2 is 2.11 bits per heavy atom. The first-order chi connectivity index (χ1) is 9.06. The van der Waals surface area contributed by atoms with Gasteiger partial charge >= 0.3 is 12.0 Å². The first-order valence-electron chi connectivity index (χ1n) is 6.95. The standard InChI is InChI=1S/C13H24N2O3S/c1-3-15(8-7-12(16)17)13(18)14-10-5-6-11(9-10)19-4-2/h10-11H,3-9H2,1-2H3,(H,14,18)(H,16,17). The lowest BCUT2D eigenvalue weighted by molar-refractivity contribution is -0.137. The Bertz CT molecular complexity index is 312. The molecule has 110 valence electrons. The first-order valence-corrected chi connectivity index (χ1v) is 8.00. The smallest absolute Gasteiger partial charge is 0.317 e. The second-order valence-corrected chi connectivity index (χ2v) is 6.34. The molecule has 0 aromatic heterocycles. The molecule has 1 rings (SSSR count). The van der Waals surface area contributed by atoms with Crippen LogP contribution in [-0.2, 0) is 4.79 Å². The maximum Gasteiger partial charge on any atom is 0.317 e. The van der Waals surface area contributed by atoms with Crippen LogP contribution in [0, 0.1) is 0 Å². The van der Waals surface area contributed by atoms with Crippen LogP contribution >= 0.6 is 11.8 Å². The highest BCUT2D eigenvalue weighted by Crippen LogP contribution is 2.29. The zero-order valence-electron chi connectivity index (χ0n) is 11.7. The summed E-state index contributed by atoms with van der Waals surface area (Å²) in [5, 5.41) is 12.3. The number of carbonyl (C=O) groups is 2. The van der Waals surface area contributed by atoms with Crippen LogP contribution in [0.2, 0.25) is 0 Å². The summed E-state index contributed by atoms with van der Waals surface area (Å²) in [5.41, 5.74) is 0. The van der Waals surface area contributed by atoms with E-state index >= 15 is 0 Å². The Balaban J connectivity index is 2.34. The molecule has 2 amide bonds. The highest BCUT2D eigenvalue weighted by atomic mass is 32.2. The molecule has 5 nitrogen and oxygen atoms in total. The van der Waals surface area contributed by atoms with Gasteiger partial charge in [0.2, 0.25) is 0 Å². The van der Waals surface area contributed by atoms with Gasteiger partial charge in [-0.1, -0.05) is 6.92 Å². The lowest BCUT2D eigenvalue weighted by Crippen LogP contribution is -2.44. The van der Waals surface area contributed by atoms with Crippen LogP contribution in [0.1, 0.15) is 39.5 Å². The number of thioether (sulfide) groups is 1. The number of carbonyl (C=O) groups excluding carboxylic acids is 1. The zero-order chi connectivity index (χ0) is 14.3. The van der Waals surface area contributed by atoms with E-state index in [0.717, 1.165) is 25.0 Å². The van der Waals surface area contributed by atoms with Gasteiger partial charge in [0.05, 0.1) is 6.42 Å². The molecule has 1 aliphatic rings. The van der Waals surface area contributed by atoms with E-state index in [4.69, 9.17) is 5.11 Å². The number of carboxylic acids is 1. The van der Waals surface area contributed by atoms with Gasteiger partial charge in [-0.25, -0.2) is 4.79 Å². The van der Waals surface area contributed by atoms with E-state index in [1.807, 2.05) is 18.7 Å². The van der Waals surface area contributed by atoms with E-state index in [1.165, 1.54) is 0 Å². The summed E-state index contributed by atoms with van der Waals surface area (Å²) in [4.78, 5) is 24.1. The molecule has 2 atom stereocenters. The van der Waals surface area contributed by atoms with Crippen molar-refractivity contribution in [2.24, 2.45) is 0 Å². The molecule has 19 heavy (non-hydrogen) atoms. The largest absolute Gasteiger partial charge is 0.481 e. The maximum absolute atomic E-state index is 12.0. The van der Waals surface area contributed by atoms with Gasteiger partial charge < -0.3 is 15.3 Å². The fraction of sp³-hybridized carbons (Fsp3) is 0.846. The maximum atomic E-state index is 12.0. The van der Waals surface area contributed by atoms with Gasteiger partial charge in [0.25, 0.3) is 0 Å². The molecule has 0 heterocycles. The number of nitrogens with zero attached hydrogens (tertiary/aromatic N) is 1. The number of amides is 2. The topological polar surface area (TPSA) is 69.6 Å². The third-order valence-corrected chi connectivity index (χ3v) is 4.61. The van der Waals surface area contributed by atoms with Crippen LogP contribution < -0.4 is 5.32 Å². The Hall–Kier alpha value is -0.910. The van der Waals surface area contributed by atoms with Crippen molar-refractivity contribution in [2.75, 3.05) is 18.8 Å². The van der Waals surface area contributed by atoms with Gasteiger partial charge in [-0.2, -0.15) is 11.8 Å². The summed E-state index contributed by atoms with van der Waals surface area (Å²) in [6.07, 6.45) is 3.21. The molecule has 0 radical (unpaired) electrons. The summed E-state index contributed by atoms with van der Waals surface area (Å²) in [6, 6.07) is 0.117. The second kappa shape index (κ2) is 8.30. The van der Waals surface area contributed by atoms with Crippen molar-refractivity contribution < 1.29 is 14.7 Å². The molecule has 0 spiro atoms. The molecule has 1 saturated carbocycles. The van der Waals surface area contributed by atoms with Crippen LogP contribution in [0.5, 0.6) is 0 Å². The average Bonchev–Trinajstić information content (AvgIpc) is 2.77. The molecule has 6 heteroatoms. The van der Waals surface area contributed by atoms with Crippen molar-refractivity contribution in [1.29, 1.82) is 0 Å². The molecular formula is C13H24N2O3S. The van der Waals surface area contributed by atoms with Gasteiger partial charge in [0, 0.05) is 24.4 Å². The molecule has 2 N–H and O–H groups in total. The number of hydrogen-bond acceptors (Lipinski definition) is 3. The lowest BCUT2D eigenvalue weighted by atomic mass is 10.2. The summed E-state index contributed by atoms with van der Waals surface area (Å²) in [5.74, 6) is 0.247. The van der Waals surface area contributed by atoms with Crippen molar-refractivity contribution in [2.45, 2.75) is 50.8 Å². The third kappa shape index (κ3) is 5.72. The number of aliphatic carboxylic acids is 1. The van der Waals surface area contributed by atoms with E-state index in [0.29, 0.717) is 11.8 Å². The van der Waals surface area contributed by atoms with E-state index < -0.39 is 5.97 Å². The molecule has 0 saturated heterocycles. The molecule has 1 fully saturated rings. The van der Waals surface area contributed by atoms with Crippen molar-refractivity contribution in [3.05, 3.63) is 0 Å². The first kappa shape index (κ1) is 16.1. The molecule has 2 unspecified atom stereocenters. The predicted molar refractivity (Wildman–Crippen MR) is 77.6 cm³/mol. The highest BCUT2D eigenvalue weighted by Gasteiger charge is 2.26. The van der Waals surface area contributed by atoms with Crippen LogP contribution in [0.4, 0.5) is 4.79 Å².